The number of hydrogen-bond donors (Lipinski definition) is 1. The lowest BCUT2D eigenvalue weighted by Crippen LogP contribution is -2.33. The second-order valence-electron chi connectivity index (χ2n) is 5.57. The molecule has 8 heteroatoms. The highest BCUT2D eigenvalue weighted by molar-refractivity contribution is 7.07. The zero-order chi connectivity index (χ0) is 18.6. The number of hydrogen-bond acceptors (Lipinski definition) is 3. The lowest BCUT2D eigenvalue weighted by molar-refractivity contribution is -0.137. The zero-order valence-corrected chi connectivity index (χ0v) is 14.3. The highest BCUT2D eigenvalue weighted by Gasteiger charge is 2.30. The summed E-state index contributed by atoms with van der Waals surface area (Å²) in [6.45, 7) is 0.603. The second kappa shape index (κ2) is 7.65. The number of furan rings is 1. The molecule has 136 valence electrons. The summed E-state index contributed by atoms with van der Waals surface area (Å²) in [7, 11) is 0. The third-order valence-electron chi connectivity index (χ3n) is 3.63. The van der Waals surface area contributed by atoms with E-state index in [1.807, 2.05) is 16.8 Å². The Bertz CT molecular complexity index is 792. The van der Waals surface area contributed by atoms with E-state index in [2.05, 4.69) is 5.32 Å². The smallest absolute Gasteiger partial charge is 0.416 e. The number of carbonyl (C=O) groups excluding carboxylic acids is 1. The first-order chi connectivity index (χ1) is 12.4. The van der Waals surface area contributed by atoms with Crippen molar-refractivity contribution in [2.45, 2.75) is 19.3 Å². The summed E-state index contributed by atoms with van der Waals surface area (Å²) in [5, 5.41) is 6.47. The molecular weight excluding hydrogens is 365 g/mol. The zero-order valence-electron chi connectivity index (χ0n) is 13.5. The Hall–Kier alpha value is -2.74. The SMILES string of the molecule is O=C(Nc1ccc(C(F)(F)F)cc1)N(Cc1ccsc1)Cc1ccco1. The topological polar surface area (TPSA) is 45.5 Å². The normalized spacial score (nSPS) is 11.3. The lowest BCUT2D eigenvalue weighted by Gasteiger charge is -2.22. The van der Waals surface area contributed by atoms with Gasteiger partial charge >= 0.3 is 12.2 Å². The fourth-order valence-corrected chi connectivity index (χ4v) is 3.00. The number of nitrogens with zero attached hydrogens (tertiary/aromatic N) is 1. The number of amides is 2. The molecule has 0 spiro atoms. The van der Waals surface area contributed by atoms with Crippen molar-refractivity contribution >= 4 is 23.1 Å². The Morgan fingerprint density at radius 3 is 2.46 bits per heavy atom. The number of carbonyl (C=O) groups is 1. The average molecular weight is 380 g/mol. The van der Waals surface area contributed by atoms with Crippen LogP contribution in [0.1, 0.15) is 16.9 Å². The predicted octanol–water partition coefficient (Wildman–Crippen LogP) is 5.59. The molecule has 0 unspecified atom stereocenters. The Kier molecular flexibility index (Phi) is 5.32. The summed E-state index contributed by atoms with van der Waals surface area (Å²) in [6.07, 6.45) is -2.89. The molecule has 26 heavy (non-hydrogen) atoms. The van der Waals surface area contributed by atoms with Crippen molar-refractivity contribution in [3.63, 3.8) is 0 Å². The Morgan fingerprint density at radius 1 is 1.12 bits per heavy atom. The third-order valence-corrected chi connectivity index (χ3v) is 4.36. The van der Waals surface area contributed by atoms with Crippen LogP contribution < -0.4 is 5.32 Å². The molecular formula is C18H15F3N2O2S. The van der Waals surface area contributed by atoms with E-state index in [4.69, 9.17) is 4.42 Å². The van der Waals surface area contributed by atoms with Gasteiger partial charge in [0.2, 0.25) is 0 Å². The molecule has 0 fully saturated rings. The highest BCUT2D eigenvalue weighted by Crippen LogP contribution is 2.29. The summed E-state index contributed by atoms with van der Waals surface area (Å²) >= 11 is 1.52. The first-order valence-electron chi connectivity index (χ1n) is 7.68. The lowest BCUT2D eigenvalue weighted by atomic mass is 10.2. The summed E-state index contributed by atoms with van der Waals surface area (Å²) in [5.41, 5.74) is 0.489. The molecule has 1 aromatic carbocycles. The van der Waals surface area contributed by atoms with E-state index in [-0.39, 0.29) is 12.2 Å². The molecule has 0 saturated heterocycles. The van der Waals surface area contributed by atoms with Gasteiger partial charge in [0.15, 0.2) is 0 Å². The Labute approximate surface area is 151 Å². The number of thiophene rings is 1. The number of nitrogens with one attached hydrogen (secondary N) is 1. The molecule has 1 N–H and O–H groups in total. The van der Waals surface area contributed by atoms with E-state index >= 15 is 0 Å². The minimum absolute atomic E-state index is 0.245. The maximum absolute atomic E-state index is 12.6. The van der Waals surface area contributed by atoms with Crippen LogP contribution in [0.2, 0.25) is 0 Å². The van der Waals surface area contributed by atoms with Crippen LogP contribution in [0, 0.1) is 0 Å². The van der Waals surface area contributed by atoms with E-state index < -0.39 is 17.8 Å². The van der Waals surface area contributed by atoms with Crippen molar-refractivity contribution in [3.8, 4) is 0 Å². The van der Waals surface area contributed by atoms with Crippen LogP contribution in [0.4, 0.5) is 23.7 Å². The van der Waals surface area contributed by atoms with Crippen molar-refractivity contribution in [3.05, 3.63) is 76.4 Å². The van der Waals surface area contributed by atoms with Crippen LogP contribution in [-0.2, 0) is 19.3 Å². The average Bonchev–Trinajstić information content (AvgIpc) is 3.28. The van der Waals surface area contributed by atoms with Gasteiger partial charge in [-0.05, 0) is 58.8 Å². The van der Waals surface area contributed by atoms with Crippen molar-refractivity contribution < 1.29 is 22.4 Å². The van der Waals surface area contributed by atoms with Gasteiger partial charge in [-0.15, -0.1) is 0 Å². The van der Waals surface area contributed by atoms with Crippen LogP contribution in [0.15, 0.2) is 63.9 Å². The first kappa shape index (κ1) is 18.1. The van der Waals surface area contributed by atoms with Crippen LogP contribution in [0.5, 0.6) is 0 Å². The maximum Gasteiger partial charge on any atom is 0.416 e. The molecule has 3 rings (SSSR count). The van der Waals surface area contributed by atoms with Gasteiger partial charge in [0.1, 0.15) is 5.76 Å². The van der Waals surface area contributed by atoms with Gasteiger partial charge in [-0.1, -0.05) is 0 Å². The van der Waals surface area contributed by atoms with E-state index in [1.54, 1.807) is 12.1 Å². The number of rotatable bonds is 5. The van der Waals surface area contributed by atoms with Gasteiger partial charge in [0, 0.05) is 12.2 Å². The minimum Gasteiger partial charge on any atom is -0.467 e. The highest BCUT2D eigenvalue weighted by atomic mass is 32.1. The fraction of sp³-hybridized carbons (Fsp3) is 0.167. The van der Waals surface area contributed by atoms with Gasteiger partial charge in [-0.2, -0.15) is 24.5 Å². The second-order valence-corrected chi connectivity index (χ2v) is 6.35. The quantitative estimate of drug-likeness (QED) is 0.627. The van der Waals surface area contributed by atoms with Gasteiger partial charge in [-0.25, -0.2) is 4.79 Å². The number of benzene rings is 1. The fourth-order valence-electron chi connectivity index (χ4n) is 2.34. The van der Waals surface area contributed by atoms with Crippen molar-refractivity contribution in [1.29, 1.82) is 0 Å². The van der Waals surface area contributed by atoms with Crippen molar-refractivity contribution in [2.75, 3.05) is 5.32 Å². The molecule has 0 aliphatic rings. The Morgan fingerprint density at radius 2 is 1.88 bits per heavy atom. The minimum atomic E-state index is -4.41. The number of halogens is 3. The van der Waals surface area contributed by atoms with E-state index in [1.165, 1.54) is 34.6 Å². The van der Waals surface area contributed by atoms with Crippen LogP contribution in [0.25, 0.3) is 0 Å². The van der Waals surface area contributed by atoms with E-state index in [0.29, 0.717) is 12.3 Å². The summed E-state index contributed by atoms with van der Waals surface area (Å²) < 4.78 is 43.2. The molecule has 2 amide bonds. The molecule has 0 aliphatic heterocycles. The Balaban J connectivity index is 1.72. The van der Waals surface area contributed by atoms with E-state index in [0.717, 1.165) is 17.7 Å². The summed E-state index contributed by atoms with van der Waals surface area (Å²) in [4.78, 5) is 14.1. The molecule has 2 heterocycles. The predicted molar refractivity (Wildman–Crippen MR) is 92.7 cm³/mol. The molecule has 0 radical (unpaired) electrons. The van der Waals surface area contributed by atoms with Crippen molar-refractivity contribution in [2.24, 2.45) is 0 Å². The molecule has 0 bridgehead atoms. The van der Waals surface area contributed by atoms with Gasteiger partial charge in [-0.3, -0.25) is 0 Å². The molecule has 0 aliphatic carbocycles. The van der Waals surface area contributed by atoms with Crippen LogP contribution in [-0.4, -0.2) is 10.9 Å². The first-order valence-corrected chi connectivity index (χ1v) is 8.63. The third kappa shape index (κ3) is 4.66. The van der Waals surface area contributed by atoms with Gasteiger partial charge in [0.25, 0.3) is 0 Å². The van der Waals surface area contributed by atoms with E-state index in [9.17, 15) is 18.0 Å². The number of alkyl halides is 3. The molecule has 4 nitrogen and oxygen atoms in total. The summed E-state index contributed by atoms with van der Waals surface area (Å²) in [6, 6.07) is 9.31. The number of urea groups is 1. The summed E-state index contributed by atoms with van der Waals surface area (Å²) in [5.74, 6) is 0.614. The van der Waals surface area contributed by atoms with Crippen LogP contribution in [0.3, 0.4) is 0 Å². The molecule has 3 aromatic rings. The largest absolute Gasteiger partial charge is 0.467 e. The van der Waals surface area contributed by atoms with Gasteiger partial charge < -0.3 is 14.6 Å². The van der Waals surface area contributed by atoms with Crippen LogP contribution >= 0.6 is 11.3 Å². The van der Waals surface area contributed by atoms with Crippen molar-refractivity contribution in [1.82, 2.24) is 4.90 Å². The molecule has 0 atom stereocenters. The molecule has 2 aromatic heterocycles. The number of anilines is 1. The monoisotopic (exact) mass is 380 g/mol. The standard InChI is InChI=1S/C18H15F3N2O2S/c19-18(20,21)14-3-5-15(6-4-14)22-17(24)23(10-13-7-9-26-12-13)11-16-2-1-8-25-16/h1-9,12H,10-11H2,(H,22,24). The maximum atomic E-state index is 12.6. The molecule has 0 saturated carbocycles. The van der Waals surface area contributed by atoms with Gasteiger partial charge in [0.05, 0.1) is 18.4 Å².